The Morgan fingerprint density at radius 1 is 1.15 bits per heavy atom. The van der Waals surface area contributed by atoms with Crippen LogP contribution in [0.1, 0.15) is 64.9 Å². The van der Waals surface area contributed by atoms with Gasteiger partial charge in [0.1, 0.15) is 17.3 Å². The van der Waals surface area contributed by atoms with Gasteiger partial charge in [0.05, 0.1) is 37.0 Å². The molecule has 1 aromatic carbocycles. The third kappa shape index (κ3) is 7.88. The van der Waals surface area contributed by atoms with Crippen LogP contribution < -0.4 is 0 Å². The third-order valence-corrected chi connectivity index (χ3v) is 8.16. The molecular weight excluding hydrogens is 641 g/mol. The number of halogens is 4. The summed E-state index contributed by atoms with van der Waals surface area (Å²) in [6.07, 6.45) is -1.33. The average Bonchev–Trinajstić information content (AvgIpc) is 3.64. The SMILES string of the molecule is COC(=O)[C@H](C(=O)N1C[C@@H](C#N)C[C@H]1c1ncc(-c2ccc(C3=CC(Cl)=CCC3(OC(F)(F)F)C(=O)OC(C)(C)C)cc2)[nH]1)C(C)C. The molecular formula is C33H36ClF3N4O6. The number of alkyl halides is 3. The van der Waals surface area contributed by atoms with Crippen LogP contribution in [0.2, 0.25) is 0 Å². The Kier molecular flexibility index (Phi) is 10.3. The lowest BCUT2D eigenvalue weighted by Gasteiger charge is -2.37. The summed E-state index contributed by atoms with van der Waals surface area (Å²) in [6, 6.07) is 7.87. The van der Waals surface area contributed by atoms with E-state index in [9.17, 15) is 32.8 Å². The minimum Gasteiger partial charge on any atom is -0.468 e. The summed E-state index contributed by atoms with van der Waals surface area (Å²) in [5, 5.41) is 9.76. The van der Waals surface area contributed by atoms with Crippen molar-refractivity contribution in [3.63, 3.8) is 0 Å². The van der Waals surface area contributed by atoms with Crippen LogP contribution in [0.3, 0.4) is 0 Å². The number of nitrogens with zero attached hydrogens (tertiary/aromatic N) is 3. The number of hydrogen-bond acceptors (Lipinski definition) is 8. The van der Waals surface area contributed by atoms with Gasteiger partial charge in [-0.25, -0.2) is 9.78 Å². The van der Waals surface area contributed by atoms with Gasteiger partial charge in [-0.1, -0.05) is 55.8 Å². The second-order valence-corrected chi connectivity index (χ2v) is 13.2. The zero-order valence-corrected chi connectivity index (χ0v) is 27.5. The van der Waals surface area contributed by atoms with E-state index >= 15 is 0 Å². The Morgan fingerprint density at radius 2 is 1.79 bits per heavy atom. The van der Waals surface area contributed by atoms with Crippen molar-refractivity contribution in [2.75, 3.05) is 13.7 Å². The van der Waals surface area contributed by atoms with Gasteiger partial charge in [0.25, 0.3) is 0 Å². The molecule has 14 heteroatoms. The molecule has 2 aromatic rings. The zero-order valence-electron chi connectivity index (χ0n) is 26.8. The number of nitrogens with one attached hydrogen (secondary N) is 1. The number of rotatable bonds is 8. The second kappa shape index (κ2) is 13.5. The fourth-order valence-corrected chi connectivity index (χ4v) is 5.94. The summed E-state index contributed by atoms with van der Waals surface area (Å²) in [5.41, 5.74) is -2.41. The summed E-state index contributed by atoms with van der Waals surface area (Å²) in [4.78, 5) is 48.4. The monoisotopic (exact) mass is 676 g/mol. The Hall–Kier alpha value is -4.15. The Morgan fingerprint density at radius 3 is 2.34 bits per heavy atom. The molecule has 2 aliphatic rings. The van der Waals surface area contributed by atoms with Crippen LogP contribution in [0.4, 0.5) is 13.2 Å². The van der Waals surface area contributed by atoms with E-state index in [0.29, 0.717) is 23.5 Å². The summed E-state index contributed by atoms with van der Waals surface area (Å²) < 4.78 is 56.0. The lowest BCUT2D eigenvalue weighted by molar-refractivity contribution is -0.353. The fraction of sp³-hybridized carbons (Fsp3) is 0.485. The summed E-state index contributed by atoms with van der Waals surface area (Å²) in [5.74, 6) is -3.80. The van der Waals surface area contributed by atoms with Crippen LogP contribution in [0.25, 0.3) is 16.8 Å². The number of imidazole rings is 1. The topological polar surface area (TPSA) is 135 Å². The van der Waals surface area contributed by atoms with Crippen LogP contribution in [-0.2, 0) is 28.6 Å². The van der Waals surface area contributed by atoms with Gasteiger partial charge < -0.3 is 19.4 Å². The van der Waals surface area contributed by atoms with E-state index in [-0.39, 0.29) is 28.6 Å². The summed E-state index contributed by atoms with van der Waals surface area (Å²) >= 11 is 6.22. The number of aromatic nitrogens is 2. The maximum absolute atomic E-state index is 13.8. The van der Waals surface area contributed by atoms with Gasteiger partial charge in [-0.3, -0.25) is 14.3 Å². The van der Waals surface area contributed by atoms with Crippen molar-refractivity contribution in [2.45, 2.75) is 71.1 Å². The molecule has 4 atom stereocenters. The van der Waals surface area contributed by atoms with E-state index in [1.165, 1.54) is 63.3 Å². The van der Waals surface area contributed by atoms with E-state index in [2.05, 4.69) is 20.8 Å². The van der Waals surface area contributed by atoms with Gasteiger partial charge in [0, 0.05) is 23.6 Å². The summed E-state index contributed by atoms with van der Waals surface area (Å²) in [7, 11) is 1.21. The van der Waals surface area contributed by atoms with Gasteiger partial charge in [0.15, 0.2) is 0 Å². The van der Waals surface area contributed by atoms with Crippen molar-refractivity contribution in [3.05, 3.63) is 59.0 Å². The van der Waals surface area contributed by atoms with Crippen molar-refractivity contribution in [1.29, 1.82) is 5.26 Å². The van der Waals surface area contributed by atoms with Gasteiger partial charge in [0.2, 0.25) is 11.5 Å². The minimum absolute atomic E-state index is 0.121. The number of nitriles is 1. The van der Waals surface area contributed by atoms with Crippen LogP contribution in [0.15, 0.2) is 47.6 Å². The normalized spacial score (nSPS) is 22.3. The largest absolute Gasteiger partial charge is 0.523 e. The molecule has 0 bridgehead atoms. The van der Waals surface area contributed by atoms with Gasteiger partial charge in [-0.15, -0.1) is 13.2 Å². The number of ether oxygens (including phenoxy) is 3. The maximum atomic E-state index is 13.8. The van der Waals surface area contributed by atoms with Gasteiger partial charge >= 0.3 is 18.3 Å². The molecule has 1 fully saturated rings. The van der Waals surface area contributed by atoms with E-state index in [0.717, 1.165) is 0 Å². The first-order chi connectivity index (χ1) is 21.9. The van der Waals surface area contributed by atoms with E-state index in [1.54, 1.807) is 26.0 Å². The molecule has 1 unspecified atom stereocenters. The third-order valence-electron chi connectivity index (χ3n) is 7.89. The molecule has 4 rings (SSSR count). The van der Waals surface area contributed by atoms with Crippen LogP contribution in [0, 0.1) is 29.1 Å². The first-order valence-corrected chi connectivity index (χ1v) is 15.3. The predicted octanol–water partition coefficient (Wildman–Crippen LogP) is 6.46. The van der Waals surface area contributed by atoms with Gasteiger partial charge in [-0.05, 0) is 50.3 Å². The fourth-order valence-electron chi connectivity index (χ4n) is 5.75. The number of aromatic amines is 1. The van der Waals surface area contributed by atoms with Crippen molar-refractivity contribution in [1.82, 2.24) is 14.9 Å². The molecule has 1 aromatic heterocycles. The standard InChI is InChI=1S/C33H36ClF3N4O6/c1-18(2)26(29(43)45-6)28(42)41-17-19(15-38)13-25(41)27-39-16-24(40-27)21-9-7-20(8-10-21)23-14-22(34)11-12-32(23,47-33(35,36)37)30(44)46-31(3,4)5/h7-11,14,16,18-19,25-26H,12-13,17H2,1-6H3,(H,39,40)/t19-,25+,26+,32?/m1/s1. The molecule has 0 radical (unpaired) electrons. The molecule has 1 amide bonds. The first-order valence-electron chi connectivity index (χ1n) is 14.9. The van der Waals surface area contributed by atoms with E-state index in [4.69, 9.17) is 21.1 Å². The molecule has 1 aliphatic carbocycles. The lowest BCUT2D eigenvalue weighted by Crippen LogP contribution is -2.50. The highest BCUT2D eigenvalue weighted by Gasteiger charge is 2.54. The molecule has 10 nitrogen and oxygen atoms in total. The second-order valence-electron chi connectivity index (χ2n) is 12.8. The molecule has 1 saturated heterocycles. The maximum Gasteiger partial charge on any atom is 0.523 e. The first kappa shape index (κ1) is 35.7. The number of carbonyl (C=O) groups excluding carboxylic acids is 3. The predicted molar refractivity (Wildman–Crippen MR) is 165 cm³/mol. The number of esters is 2. The van der Waals surface area contributed by atoms with Crippen LogP contribution in [-0.4, -0.2) is 63.9 Å². The number of benzene rings is 1. The molecule has 0 spiro atoms. The smallest absolute Gasteiger partial charge is 0.468 e. The summed E-state index contributed by atoms with van der Waals surface area (Å²) in [6.45, 7) is 8.21. The number of carbonyl (C=O) groups is 3. The molecule has 1 aliphatic heterocycles. The Balaban J connectivity index is 1.66. The number of hydrogen-bond donors (Lipinski definition) is 1. The van der Waals surface area contributed by atoms with Gasteiger partial charge in [-0.2, -0.15) is 5.26 Å². The number of H-pyrrole nitrogens is 1. The molecule has 1 N–H and O–H groups in total. The van der Waals surface area contributed by atoms with E-state index in [1.807, 2.05) is 0 Å². The van der Waals surface area contributed by atoms with Crippen LogP contribution >= 0.6 is 11.6 Å². The Bertz CT molecular complexity index is 1620. The van der Waals surface area contributed by atoms with E-state index < -0.39 is 59.7 Å². The highest BCUT2D eigenvalue weighted by Crippen LogP contribution is 2.45. The number of methoxy groups -OCH3 is 1. The van der Waals surface area contributed by atoms with Crippen molar-refractivity contribution >= 4 is 35.0 Å². The lowest BCUT2D eigenvalue weighted by atomic mass is 9.81. The zero-order chi connectivity index (χ0) is 34.9. The number of amides is 1. The Labute approximate surface area is 275 Å². The average molecular weight is 677 g/mol. The van der Waals surface area contributed by atoms with Crippen LogP contribution in [0.5, 0.6) is 0 Å². The van der Waals surface area contributed by atoms with Crippen molar-refractivity contribution < 1.29 is 41.8 Å². The minimum atomic E-state index is -5.17. The number of likely N-dealkylation sites (tertiary alicyclic amines) is 1. The highest BCUT2D eigenvalue weighted by atomic mass is 35.5. The number of allylic oxidation sites excluding steroid dienone is 2. The van der Waals surface area contributed by atoms with Crippen molar-refractivity contribution in [2.24, 2.45) is 17.8 Å². The molecule has 0 saturated carbocycles. The molecule has 2 heterocycles. The quantitative estimate of drug-likeness (QED) is 0.249. The molecule has 252 valence electrons. The van der Waals surface area contributed by atoms with Crippen molar-refractivity contribution in [3.8, 4) is 17.3 Å². The molecule has 47 heavy (non-hydrogen) atoms. The highest BCUT2D eigenvalue weighted by molar-refractivity contribution is 6.32.